The van der Waals surface area contributed by atoms with Crippen LogP contribution in [-0.2, 0) is 14.9 Å². The minimum Gasteiger partial charge on any atom is -0.748 e. The minimum atomic E-state index is -4.63. The molecule has 0 fully saturated rings. The zero-order valence-electron chi connectivity index (χ0n) is 10.1. The van der Waals surface area contributed by atoms with Gasteiger partial charge in [-0.15, -0.1) is 0 Å². The fraction of sp³-hybridized carbons (Fsp3) is 0.100. The van der Waals surface area contributed by atoms with Gasteiger partial charge in [0.15, 0.2) is 0 Å². The summed E-state index contributed by atoms with van der Waals surface area (Å²) in [5.74, 6) is -2.74. The molecule has 5 nitrogen and oxygen atoms in total. The molecule has 18 heavy (non-hydrogen) atoms. The van der Waals surface area contributed by atoms with Gasteiger partial charge in [-0.1, -0.05) is 30.3 Å². The Morgan fingerprint density at radius 2 is 1.67 bits per heavy atom. The first-order valence-corrected chi connectivity index (χ1v) is 5.87. The van der Waals surface area contributed by atoms with Crippen molar-refractivity contribution >= 4 is 22.2 Å². The van der Waals surface area contributed by atoms with Crippen LogP contribution in [0.2, 0.25) is 0 Å². The van der Waals surface area contributed by atoms with Crippen molar-refractivity contribution in [1.82, 2.24) is 0 Å². The Bertz CT molecular complexity index is 510. The molecule has 0 radical (unpaired) electrons. The second kappa shape index (κ2) is 9.28. The number of carboxylic acid groups (broad SMARTS) is 1. The molecule has 0 spiro atoms. The van der Waals surface area contributed by atoms with Gasteiger partial charge >= 0.3 is 59.1 Å². The number of aliphatic carboxylic acids is 1. The summed E-state index contributed by atoms with van der Waals surface area (Å²) in [6.07, 6.45) is 1.10. The molecule has 0 aliphatic rings. The van der Waals surface area contributed by atoms with Crippen molar-refractivity contribution in [3.63, 3.8) is 0 Å². The van der Waals surface area contributed by atoms with Crippen LogP contribution in [0.25, 0.3) is 6.08 Å². The summed E-state index contributed by atoms with van der Waals surface area (Å²) in [6, 6.07) is 8.20. The van der Waals surface area contributed by atoms with Crippen LogP contribution in [0.5, 0.6) is 0 Å². The molecule has 1 rings (SSSR count). The predicted octanol–water partition coefficient (Wildman–Crippen LogP) is -6.63. The monoisotopic (exact) mass is 286 g/mol. The number of carboxylic acids is 1. The van der Waals surface area contributed by atoms with Crippen molar-refractivity contribution in [1.29, 1.82) is 0 Å². The Kier molecular flexibility index (Phi) is 10.6. The summed E-state index contributed by atoms with van der Waals surface area (Å²) in [5.41, 5.74) is -0.0634. The maximum absolute atomic E-state index is 10.6. The number of carbonyl (C=O) groups is 1. The van der Waals surface area contributed by atoms with E-state index in [9.17, 15) is 22.9 Å². The van der Waals surface area contributed by atoms with E-state index in [4.69, 9.17) is 0 Å². The average molecular weight is 286 g/mol. The van der Waals surface area contributed by atoms with Crippen LogP contribution < -0.4 is 64.2 Å². The second-order valence-electron chi connectivity index (χ2n) is 3.07. The summed E-state index contributed by atoms with van der Waals surface area (Å²) in [5, 5.41) is 10.6. The Morgan fingerprint density at radius 3 is 2.06 bits per heavy atom. The normalized spacial score (nSPS) is 11.1. The van der Waals surface area contributed by atoms with Gasteiger partial charge in [0.1, 0.15) is 0 Å². The average Bonchev–Trinajstić information content (AvgIpc) is 2.16. The molecule has 0 bridgehead atoms. The zero-order chi connectivity index (χ0) is 12.2. The van der Waals surface area contributed by atoms with Crippen molar-refractivity contribution < 1.29 is 82.0 Å². The summed E-state index contributed by atoms with van der Waals surface area (Å²) >= 11 is 0. The first-order chi connectivity index (χ1) is 7.38. The van der Waals surface area contributed by atoms with Crippen molar-refractivity contribution in [2.24, 2.45) is 0 Å². The Labute approximate surface area is 150 Å². The maximum atomic E-state index is 10.6. The predicted molar refractivity (Wildman–Crippen MR) is 54.0 cm³/mol. The fourth-order valence-electron chi connectivity index (χ4n) is 1.10. The first kappa shape index (κ1) is 20.7. The Hall–Kier alpha value is 0.340. The van der Waals surface area contributed by atoms with E-state index in [1.165, 1.54) is 0 Å². The molecule has 0 N–H and O–H groups in total. The van der Waals surface area contributed by atoms with Crippen LogP contribution >= 0.6 is 0 Å². The third kappa shape index (κ3) is 8.44. The van der Waals surface area contributed by atoms with E-state index in [1.54, 1.807) is 30.3 Å². The number of rotatable bonds is 4. The molecule has 0 saturated heterocycles. The number of benzene rings is 1. The molecular formula is C10H8Na2O5S. The van der Waals surface area contributed by atoms with Gasteiger partial charge in [-0.25, -0.2) is 8.42 Å². The van der Waals surface area contributed by atoms with Crippen molar-refractivity contribution in [2.45, 2.75) is 0 Å². The minimum absolute atomic E-state index is 0. The molecule has 86 valence electrons. The molecule has 0 amide bonds. The topological polar surface area (TPSA) is 97.3 Å². The SMILES string of the molecule is O=C([O-])C(=Cc1ccccc1)CS(=O)(=O)[O-].[Na+].[Na+]. The summed E-state index contributed by atoms with van der Waals surface area (Å²) in [7, 11) is -4.63. The Morgan fingerprint density at radius 1 is 1.17 bits per heavy atom. The molecule has 8 heteroatoms. The molecule has 0 saturated carbocycles. The quantitative estimate of drug-likeness (QED) is 0.311. The molecule has 0 aromatic heterocycles. The van der Waals surface area contributed by atoms with Gasteiger partial charge in [0.2, 0.25) is 0 Å². The van der Waals surface area contributed by atoms with Crippen LogP contribution in [0.1, 0.15) is 5.56 Å². The summed E-state index contributed by atoms with van der Waals surface area (Å²) < 4.78 is 31.3. The van der Waals surface area contributed by atoms with E-state index in [0.717, 1.165) is 6.08 Å². The fourth-order valence-corrected chi connectivity index (χ4v) is 1.68. The van der Waals surface area contributed by atoms with Gasteiger partial charge in [0.25, 0.3) is 0 Å². The van der Waals surface area contributed by atoms with Gasteiger partial charge < -0.3 is 14.5 Å². The molecule has 0 heterocycles. The van der Waals surface area contributed by atoms with Crippen LogP contribution in [0.4, 0.5) is 0 Å². The number of hydrogen-bond donors (Lipinski definition) is 0. The smallest absolute Gasteiger partial charge is 0.748 e. The van der Waals surface area contributed by atoms with Crippen LogP contribution in [0.3, 0.4) is 0 Å². The van der Waals surface area contributed by atoms with E-state index in [2.05, 4.69) is 0 Å². The van der Waals surface area contributed by atoms with Crippen LogP contribution in [0, 0.1) is 0 Å². The molecular weight excluding hydrogens is 278 g/mol. The van der Waals surface area contributed by atoms with Gasteiger partial charge in [-0.3, -0.25) is 0 Å². The summed E-state index contributed by atoms with van der Waals surface area (Å²) in [6.45, 7) is 0. The van der Waals surface area contributed by atoms with Crippen molar-refractivity contribution in [3.05, 3.63) is 41.5 Å². The third-order valence-electron chi connectivity index (χ3n) is 1.73. The second-order valence-corrected chi connectivity index (χ2v) is 4.47. The summed E-state index contributed by atoms with van der Waals surface area (Å²) in [4.78, 5) is 10.6. The molecule has 0 unspecified atom stereocenters. The number of hydrogen-bond acceptors (Lipinski definition) is 5. The van der Waals surface area contributed by atoms with Crippen LogP contribution in [-0.4, -0.2) is 24.7 Å². The largest absolute Gasteiger partial charge is 1.00 e. The van der Waals surface area contributed by atoms with Crippen molar-refractivity contribution in [3.8, 4) is 0 Å². The molecule has 1 aromatic carbocycles. The van der Waals surface area contributed by atoms with Gasteiger partial charge in [-0.05, 0) is 17.2 Å². The zero-order valence-corrected chi connectivity index (χ0v) is 14.9. The number of carbonyl (C=O) groups excluding carboxylic acids is 1. The van der Waals surface area contributed by atoms with Gasteiger partial charge in [0, 0.05) is 0 Å². The third-order valence-corrected chi connectivity index (χ3v) is 2.40. The van der Waals surface area contributed by atoms with E-state index in [1.807, 2.05) is 0 Å². The van der Waals surface area contributed by atoms with Gasteiger partial charge in [0.05, 0.1) is 21.8 Å². The molecule has 0 aliphatic heterocycles. The Balaban J connectivity index is 0. The van der Waals surface area contributed by atoms with Gasteiger partial charge in [-0.2, -0.15) is 0 Å². The van der Waals surface area contributed by atoms with Crippen molar-refractivity contribution in [2.75, 3.05) is 5.75 Å². The van der Waals surface area contributed by atoms with E-state index in [-0.39, 0.29) is 59.1 Å². The standard InChI is InChI=1S/C10H10O5S.2Na/c11-10(12)9(7-16(13,14)15)6-8-4-2-1-3-5-8;;/h1-6H,7H2,(H,11,12)(H,13,14,15);;/q;2*+1/p-2. The van der Waals surface area contributed by atoms with E-state index < -0.39 is 27.4 Å². The van der Waals surface area contributed by atoms with E-state index >= 15 is 0 Å². The molecule has 1 aromatic rings. The molecule has 0 aliphatic carbocycles. The van der Waals surface area contributed by atoms with E-state index in [0.29, 0.717) is 5.56 Å². The van der Waals surface area contributed by atoms with Crippen LogP contribution in [0.15, 0.2) is 35.9 Å². The maximum Gasteiger partial charge on any atom is 1.00 e. The molecule has 0 atom stereocenters. The first-order valence-electron chi connectivity index (χ1n) is 4.29.